The number of aliphatic hydroxyl groups excluding tert-OH is 1. The van der Waals surface area contributed by atoms with Gasteiger partial charge in [0.2, 0.25) is 0 Å². The third-order valence-electron chi connectivity index (χ3n) is 5.58. The Kier molecular flexibility index (Phi) is 5.63. The first-order valence-corrected chi connectivity index (χ1v) is 9.93. The van der Waals surface area contributed by atoms with E-state index in [-0.39, 0.29) is 18.7 Å². The molecule has 0 bridgehead atoms. The molecule has 2 atom stereocenters. The van der Waals surface area contributed by atoms with Gasteiger partial charge in [-0.1, -0.05) is 91.0 Å². The molecule has 1 N–H and O–H groups in total. The van der Waals surface area contributed by atoms with Gasteiger partial charge in [0.15, 0.2) is 0 Å². The van der Waals surface area contributed by atoms with Gasteiger partial charge in [-0.15, -0.1) is 0 Å². The van der Waals surface area contributed by atoms with E-state index in [1.807, 2.05) is 0 Å². The van der Waals surface area contributed by atoms with E-state index in [1.54, 1.807) is 0 Å². The van der Waals surface area contributed by atoms with Gasteiger partial charge >= 0.3 is 0 Å². The number of hydrogen-bond acceptors (Lipinski definition) is 3. The summed E-state index contributed by atoms with van der Waals surface area (Å²) in [6.07, 6.45) is -0.195. The van der Waals surface area contributed by atoms with Crippen LogP contribution in [0, 0.1) is 0 Å². The molecular formula is C24H26BNO2. The van der Waals surface area contributed by atoms with Crippen LogP contribution in [0.25, 0.3) is 0 Å². The highest BCUT2D eigenvalue weighted by Crippen LogP contribution is 2.43. The van der Waals surface area contributed by atoms with Crippen LogP contribution in [0.3, 0.4) is 0 Å². The van der Waals surface area contributed by atoms with Gasteiger partial charge in [0, 0.05) is 19.1 Å². The maximum Gasteiger partial charge on any atom is 0.140 e. The van der Waals surface area contributed by atoms with Crippen molar-refractivity contribution in [2.75, 3.05) is 19.7 Å². The maximum absolute atomic E-state index is 9.85. The van der Waals surface area contributed by atoms with Gasteiger partial charge in [0.1, 0.15) is 7.85 Å². The first-order chi connectivity index (χ1) is 13.7. The predicted octanol–water partition coefficient (Wildman–Crippen LogP) is 2.63. The number of rotatable bonds is 5. The zero-order valence-electron chi connectivity index (χ0n) is 16.2. The molecule has 0 aromatic heterocycles. The lowest BCUT2D eigenvalue weighted by Crippen LogP contribution is -2.58. The SMILES string of the molecule is BC1CN(C(c2ccccc2)(c2ccccc2)c2ccccc2)CC(CO)O1. The Balaban J connectivity index is 1.99. The second-order valence-corrected chi connectivity index (χ2v) is 7.46. The topological polar surface area (TPSA) is 32.7 Å². The number of ether oxygens (including phenoxy) is 1. The molecule has 0 spiro atoms. The highest BCUT2D eigenvalue weighted by molar-refractivity contribution is 6.11. The minimum absolute atomic E-state index is 0.0231. The molecule has 1 aliphatic rings. The molecule has 1 heterocycles. The summed E-state index contributed by atoms with van der Waals surface area (Å²) in [5.74, 6) is 0. The Morgan fingerprint density at radius 3 is 1.61 bits per heavy atom. The van der Waals surface area contributed by atoms with E-state index in [9.17, 15) is 5.11 Å². The first-order valence-electron chi connectivity index (χ1n) is 9.93. The average Bonchev–Trinajstić information content (AvgIpc) is 2.76. The predicted molar refractivity (Wildman–Crippen MR) is 115 cm³/mol. The Morgan fingerprint density at radius 2 is 1.21 bits per heavy atom. The van der Waals surface area contributed by atoms with E-state index in [1.165, 1.54) is 16.7 Å². The number of morpholine rings is 1. The van der Waals surface area contributed by atoms with E-state index in [0.717, 1.165) is 6.54 Å². The van der Waals surface area contributed by atoms with Gasteiger partial charge in [-0.3, -0.25) is 4.90 Å². The van der Waals surface area contributed by atoms with Crippen molar-refractivity contribution in [2.45, 2.75) is 17.6 Å². The lowest BCUT2D eigenvalue weighted by atomic mass is 9.74. The Hall–Kier alpha value is -2.40. The largest absolute Gasteiger partial charge is 0.394 e. The molecule has 0 amide bonds. The molecule has 3 aromatic rings. The zero-order chi connectivity index (χ0) is 19.4. The van der Waals surface area contributed by atoms with Crippen molar-refractivity contribution in [3.63, 3.8) is 0 Å². The Labute approximate surface area is 168 Å². The highest BCUT2D eigenvalue weighted by Gasteiger charge is 2.45. The van der Waals surface area contributed by atoms with Crippen LogP contribution in [-0.4, -0.2) is 49.7 Å². The highest BCUT2D eigenvalue weighted by atomic mass is 16.5. The third-order valence-corrected chi connectivity index (χ3v) is 5.58. The molecule has 3 aromatic carbocycles. The fourth-order valence-corrected chi connectivity index (χ4v) is 4.51. The van der Waals surface area contributed by atoms with Crippen molar-refractivity contribution in [3.8, 4) is 0 Å². The monoisotopic (exact) mass is 371 g/mol. The quantitative estimate of drug-likeness (QED) is 0.553. The zero-order valence-corrected chi connectivity index (χ0v) is 16.2. The molecule has 1 saturated heterocycles. The van der Waals surface area contributed by atoms with Crippen LogP contribution in [0.15, 0.2) is 91.0 Å². The molecule has 1 aliphatic heterocycles. The third kappa shape index (κ3) is 3.40. The molecule has 0 saturated carbocycles. The van der Waals surface area contributed by atoms with Crippen molar-refractivity contribution >= 4 is 7.85 Å². The smallest absolute Gasteiger partial charge is 0.140 e. The molecule has 4 heteroatoms. The molecule has 4 rings (SSSR count). The summed E-state index contributed by atoms with van der Waals surface area (Å²) >= 11 is 0. The van der Waals surface area contributed by atoms with E-state index >= 15 is 0 Å². The molecule has 2 unspecified atom stereocenters. The van der Waals surface area contributed by atoms with Crippen LogP contribution in [0.1, 0.15) is 16.7 Å². The summed E-state index contributed by atoms with van der Waals surface area (Å²) in [6.45, 7) is 1.48. The van der Waals surface area contributed by atoms with Crippen LogP contribution >= 0.6 is 0 Å². The summed E-state index contributed by atoms with van der Waals surface area (Å²) in [4.78, 5) is 2.47. The van der Waals surface area contributed by atoms with Gasteiger partial charge < -0.3 is 9.84 Å². The number of hydrogen-bond donors (Lipinski definition) is 1. The molecule has 1 fully saturated rings. The fraction of sp³-hybridized carbons (Fsp3) is 0.250. The van der Waals surface area contributed by atoms with Crippen molar-refractivity contribution in [1.82, 2.24) is 4.90 Å². The van der Waals surface area contributed by atoms with E-state index in [2.05, 4.69) is 104 Å². The van der Waals surface area contributed by atoms with Crippen LogP contribution in [0.4, 0.5) is 0 Å². The fourth-order valence-electron chi connectivity index (χ4n) is 4.51. The number of benzene rings is 3. The van der Waals surface area contributed by atoms with Gasteiger partial charge in [0.05, 0.1) is 18.2 Å². The second-order valence-electron chi connectivity index (χ2n) is 7.46. The minimum atomic E-state index is -0.449. The average molecular weight is 371 g/mol. The van der Waals surface area contributed by atoms with Crippen LogP contribution in [0.2, 0.25) is 0 Å². The Bertz CT molecular complexity index is 776. The summed E-state index contributed by atoms with van der Waals surface area (Å²) in [6, 6.07) is 32.0. The van der Waals surface area contributed by atoms with E-state index in [0.29, 0.717) is 6.54 Å². The minimum Gasteiger partial charge on any atom is -0.394 e. The molecule has 0 aliphatic carbocycles. The molecule has 3 nitrogen and oxygen atoms in total. The van der Waals surface area contributed by atoms with Crippen molar-refractivity contribution in [1.29, 1.82) is 0 Å². The van der Waals surface area contributed by atoms with E-state index in [4.69, 9.17) is 4.74 Å². The van der Waals surface area contributed by atoms with Crippen molar-refractivity contribution in [2.24, 2.45) is 0 Å². The Morgan fingerprint density at radius 1 is 0.786 bits per heavy atom. The van der Waals surface area contributed by atoms with Crippen LogP contribution < -0.4 is 0 Å². The standard InChI is InChI=1S/C24H26BNO2/c25-23-17-26(16-22(18-27)28-23)24(19-10-4-1-5-11-19,20-12-6-2-7-13-20)21-14-8-3-9-15-21/h1-15,22-23,27H,16-18,25H2. The lowest BCUT2D eigenvalue weighted by Gasteiger charge is -2.50. The molecule has 28 heavy (non-hydrogen) atoms. The first kappa shape index (κ1) is 18.9. The number of aliphatic hydroxyl groups is 1. The van der Waals surface area contributed by atoms with Gasteiger partial charge in [-0.2, -0.15) is 0 Å². The van der Waals surface area contributed by atoms with Gasteiger partial charge in [-0.25, -0.2) is 0 Å². The lowest BCUT2D eigenvalue weighted by molar-refractivity contribution is -0.0905. The van der Waals surface area contributed by atoms with Crippen LogP contribution in [-0.2, 0) is 10.3 Å². The maximum atomic E-state index is 9.85. The summed E-state index contributed by atoms with van der Waals surface area (Å²) in [7, 11) is 2.08. The summed E-state index contributed by atoms with van der Waals surface area (Å²) < 4.78 is 5.98. The molecular weight excluding hydrogens is 345 g/mol. The van der Waals surface area contributed by atoms with Crippen molar-refractivity contribution in [3.05, 3.63) is 108 Å². The summed E-state index contributed by atoms with van der Waals surface area (Å²) in [5, 5.41) is 9.85. The van der Waals surface area contributed by atoms with Gasteiger partial charge in [0.25, 0.3) is 0 Å². The number of nitrogens with zero attached hydrogens (tertiary/aromatic N) is 1. The molecule has 0 radical (unpaired) electrons. The molecule has 142 valence electrons. The van der Waals surface area contributed by atoms with Crippen LogP contribution in [0.5, 0.6) is 0 Å². The second kappa shape index (κ2) is 8.32. The van der Waals surface area contributed by atoms with Gasteiger partial charge in [-0.05, 0) is 16.7 Å². The van der Waals surface area contributed by atoms with E-state index < -0.39 is 5.54 Å². The summed E-state index contributed by atoms with van der Waals surface area (Å²) in [5.41, 5.74) is 3.21. The normalized spacial score (nSPS) is 20.8. The van der Waals surface area contributed by atoms with Crippen molar-refractivity contribution < 1.29 is 9.84 Å².